The zero-order valence-corrected chi connectivity index (χ0v) is 15.9. The first-order chi connectivity index (χ1) is 12.9. The fourth-order valence-electron chi connectivity index (χ4n) is 3.40. The molecule has 1 fully saturated rings. The van der Waals surface area contributed by atoms with Crippen molar-refractivity contribution < 1.29 is 17.6 Å². The van der Waals surface area contributed by atoms with Gasteiger partial charge in [-0.05, 0) is 30.2 Å². The number of aromatic nitrogens is 1. The summed E-state index contributed by atoms with van der Waals surface area (Å²) in [7, 11) is -2.15. The Morgan fingerprint density at radius 1 is 1.15 bits per heavy atom. The number of fused-ring (bicyclic) bond motifs is 1. The lowest BCUT2D eigenvalue weighted by Crippen LogP contribution is -2.42. The molecule has 4 rings (SSSR count). The van der Waals surface area contributed by atoms with Crippen molar-refractivity contribution >= 4 is 21.1 Å². The molecule has 1 atom stereocenters. The molecular weight excluding hydrogens is 368 g/mol. The molecule has 142 valence electrons. The van der Waals surface area contributed by atoms with Gasteiger partial charge in [-0.1, -0.05) is 24.3 Å². The zero-order chi connectivity index (χ0) is 19.2. The Hall–Kier alpha value is -2.42. The molecule has 2 aromatic carbocycles. The van der Waals surface area contributed by atoms with E-state index in [-0.39, 0.29) is 29.7 Å². The van der Waals surface area contributed by atoms with Crippen molar-refractivity contribution in [1.29, 1.82) is 0 Å². The smallest absolute Gasteiger partial charge is 0.408 e. The minimum atomic E-state index is -3.73. The summed E-state index contributed by atoms with van der Waals surface area (Å²) < 4.78 is 40.0. The van der Waals surface area contributed by atoms with E-state index in [4.69, 9.17) is 9.15 Å². The average Bonchev–Trinajstić information content (AvgIpc) is 2.96. The molecule has 1 saturated heterocycles. The standard InChI is InChI=1S/C19H20N2O5S/c1-13-5-3-4-6-15(13)18-12-21(9-10-25-18)27(23,24)14-7-8-16-17(11-14)26-19(22)20(16)2/h3-8,11,18H,9-10,12H2,1-2H3. The van der Waals surface area contributed by atoms with Crippen LogP contribution in [0.2, 0.25) is 0 Å². The number of nitrogens with zero attached hydrogens (tertiary/aromatic N) is 2. The molecule has 1 aromatic heterocycles. The quantitative estimate of drug-likeness (QED) is 0.687. The molecule has 27 heavy (non-hydrogen) atoms. The summed E-state index contributed by atoms with van der Waals surface area (Å²) in [6.45, 7) is 2.82. The monoisotopic (exact) mass is 388 g/mol. The average molecular weight is 388 g/mol. The number of aryl methyl sites for hydroxylation is 2. The highest BCUT2D eigenvalue weighted by Crippen LogP contribution is 2.29. The van der Waals surface area contributed by atoms with Crippen molar-refractivity contribution in [2.24, 2.45) is 7.05 Å². The Bertz CT molecular complexity index is 1160. The van der Waals surface area contributed by atoms with Crippen molar-refractivity contribution in [3.8, 4) is 0 Å². The van der Waals surface area contributed by atoms with Gasteiger partial charge >= 0.3 is 5.76 Å². The zero-order valence-electron chi connectivity index (χ0n) is 15.1. The molecule has 8 heteroatoms. The van der Waals surface area contributed by atoms with E-state index in [0.29, 0.717) is 12.1 Å². The van der Waals surface area contributed by atoms with Gasteiger partial charge in [-0.2, -0.15) is 4.31 Å². The summed E-state index contributed by atoms with van der Waals surface area (Å²) in [6, 6.07) is 12.3. The second-order valence-corrected chi connectivity index (χ2v) is 8.57. The molecule has 0 aliphatic carbocycles. The van der Waals surface area contributed by atoms with E-state index >= 15 is 0 Å². The molecule has 1 aliphatic heterocycles. The van der Waals surface area contributed by atoms with Gasteiger partial charge < -0.3 is 9.15 Å². The number of hydrogen-bond acceptors (Lipinski definition) is 5. The van der Waals surface area contributed by atoms with E-state index in [2.05, 4.69) is 0 Å². The van der Waals surface area contributed by atoms with Crippen LogP contribution >= 0.6 is 0 Å². The molecular formula is C19H20N2O5S. The lowest BCUT2D eigenvalue weighted by atomic mass is 10.0. The second kappa shape index (κ2) is 6.63. The maximum absolute atomic E-state index is 13.1. The Labute approximate surface area is 156 Å². The highest BCUT2D eigenvalue weighted by molar-refractivity contribution is 7.89. The predicted molar refractivity (Wildman–Crippen MR) is 100 cm³/mol. The molecule has 2 heterocycles. The molecule has 0 amide bonds. The molecule has 0 spiro atoms. The van der Waals surface area contributed by atoms with E-state index in [9.17, 15) is 13.2 Å². The van der Waals surface area contributed by atoms with Crippen LogP contribution in [-0.2, 0) is 21.8 Å². The first-order valence-electron chi connectivity index (χ1n) is 8.65. The van der Waals surface area contributed by atoms with Crippen LogP contribution in [0.25, 0.3) is 11.1 Å². The van der Waals surface area contributed by atoms with Gasteiger partial charge in [-0.15, -0.1) is 0 Å². The van der Waals surface area contributed by atoms with Gasteiger partial charge in [0.2, 0.25) is 10.0 Å². The summed E-state index contributed by atoms with van der Waals surface area (Å²) in [6.07, 6.45) is -0.312. The number of morpholine rings is 1. The van der Waals surface area contributed by atoms with Gasteiger partial charge in [-0.3, -0.25) is 4.57 Å². The van der Waals surface area contributed by atoms with Crippen molar-refractivity contribution in [3.63, 3.8) is 0 Å². The summed E-state index contributed by atoms with van der Waals surface area (Å²) >= 11 is 0. The lowest BCUT2D eigenvalue weighted by Gasteiger charge is -2.33. The minimum Gasteiger partial charge on any atom is -0.408 e. The first kappa shape index (κ1) is 18.0. The van der Waals surface area contributed by atoms with Crippen LogP contribution in [0, 0.1) is 6.92 Å². The van der Waals surface area contributed by atoms with Crippen LogP contribution in [0.3, 0.4) is 0 Å². The fourth-order valence-corrected chi connectivity index (χ4v) is 4.84. The van der Waals surface area contributed by atoms with Crippen molar-refractivity contribution in [3.05, 3.63) is 64.1 Å². The van der Waals surface area contributed by atoms with E-state index in [1.54, 1.807) is 13.1 Å². The topological polar surface area (TPSA) is 81.8 Å². The molecule has 0 radical (unpaired) electrons. The molecule has 0 saturated carbocycles. The van der Waals surface area contributed by atoms with E-state index in [1.165, 1.54) is 21.0 Å². The molecule has 0 N–H and O–H groups in total. The second-order valence-electron chi connectivity index (χ2n) is 6.64. The minimum absolute atomic E-state index is 0.106. The maximum Gasteiger partial charge on any atom is 0.419 e. The van der Waals surface area contributed by atoms with Crippen LogP contribution in [0.15, 0.2) is 56.6 Å². The number of sulfonamides is 1. The number of ether oxygens (including phenoxy) is 1. The van der Waals surface area contributed by atoms with E-state index in [1.807, 2.05) is 31.2 Å². The Kier molecular flexibility index (Phi) is 4.41. The highest BCUT2D eigenvalue weighted by atomic mass is 32.2. The van der Waals surface area contributed by atoms with Crippen LogP contribution in [-0.4, -0.2) is 37.0 Å². The van der Waals surface area contributed by atoms with Crippen LogP contribution < -0.4 is 5.76 Å². The number of oxazole rings is 1. The normalized spacial score (nSPS) is 18.8. The van der Waals surface area contributed by atoms with Gasteiger partial charge in [0.15, 0.2) is 5.58 Å². The predicted octanol–water partition coefficient (Wildman–Crippen LogP) is 2.20. The van der Waals surface area contributed by atoms with Crippen molar-refractivity contribution in [2.75, 3.05) is 19.7 Å². The SMILES string of the molecule is Cc1ccccc1C1CN(S(=O)(=O)c2ccc3c(c2)oc(=O)n3C)CCO1. The van der Waals surface area contributed by atoms with Crippen LogP contribution in [0.1, 0.15) is 17.2 Å². The van der Waals surface area contributed by atoms with Gasteiger partial charge in [-0.25, -0.2) is 13.2 Å². The summed E-state index contributed by atoms with van der Waals surface area (Å²) in [4.78, 5) is 11.8. The highest BCUT2D eigenvalue weighted by Gasteiger charge is 2.32. The third-order valence-corrected chi connectivity index (χ3v) is 6.83. The first-order valence-corrected chi connectivity index (χ1v) is 10.1. The maximum atomic E-state index is 13.1. The van der Waals surface area contributed by atoms with Gasteiger partial charge in [0.1, 0.15) is 0 Å². The third-order valence-electron chi connectivity index (χ3n) is 4.97. The molecule has 7 nitrogen and oxygen atoms in total. The molecule has 0 bridgehead atoms. The lowest BCUT2D eigenvalue weighted by molar-refractivity contribution is -0.00288. The molecule has 3 aromatic rings. The Morgan fingerprint density at radius 2 is 1.93 bits per heavy atom. The van der Waals surface area contributed by atoms with E-state index in [0.717, 1.165) is 11.1 Å². The third kappa shape index (κ3) is 3.09. The summed E-state index contributed by atoms with van der Waals surface area (Å²) in [5.41, 5.74) is 2.86. The largest absolute Gasteiger partial charge is 0.419 e. The summed E-state index contributed by atoms with van der Waals surface area (Å²) in [5, 5.41) is 0. The van der Waals surface area contributed by atoms with E-state index < -0.39 is 15.8 Å². The van der Waals surface area contributed by atoms with Crippen LogP contribution in [0.4, 0.5) is 0 Å². The van der Waals surface area contributed by atoms with Gasteiger partial charge in [0, 0.05) is 26.2 Å². The number of hydrogen-bond donors (Lipinski definition) is 0. The Balaban J connectivity index is 1.67. The molecule has 1 aliphatic rings. The van der Waals surface area contributed by atoms with Crippen molar-refractivity contribution in [2.45, 2.75) is 17.9 Å². The van der Waals surface area contributed by atoms with Crippen molar-refractivity contribution in [1.82, 2.24) is 8.87 Å². The molecule has 1 unspecified atom stereocenters. The summed E-state index contributed by atoms with van der Waals surface area (Å²) in [5.74, 6) is -0.523. The van der Waals surface area contributed by atoms with Crippen LogP contribution in [0.5, 0.6) is 0 Å². The number of rotatable bonds is 3. The Morgan fingerprint density at radius 3 is 2.70 bits per heavy atom. The van der Waals surface area contributed by atoms with Gasteiger partial charge in [0.05, 0.1) is 23.1 Å². The van der Waals surface area contributed by atoms with Gasteiger partial charge in [0.25, 0.3) is 0 Å². The fraction of sp³-hybridized carbons (Fsp3) is 0.316. The number of benzene rings is 2.